The van der Waals surface area contributed by atoms with E-state index in [4.69, 9.17) is 18.9 Å². The first-order chi connectivity index (χ1) is 25.4. The Morgan fingerprint density at radius 2 is 1.41 bits per heavy atom. The van der Waals surface area contributed by atoms with Crippen LogP contribution >= 0.6 is 0 Å². The minimum atomic E-state index is -1.55. The predicted molar refractivity (Wildman–Crippen MR) is 196 cm³/mol. The van der Waals surface area contributed by atoms with Gasteiger partial charge in [-0.2, -0.15) is 0 Å². The van der Waals surface area contributed by atoms with E-state index in [0.29, 0.717) is 24.2 Å². The zero-order valence-corrected chi connectivity index (χ0v) is 33.0. The van der Waals surface area contributed by atoms with E-state index in [1.54, 1.807) is 12.5 Å². The molecular formula is C41H68O13. The molecule has 1 saturated carbocycles. The van der Waals surface area contributed by atoms with E-state index in [-0.39, 0.29) is 22.9 Å². The minimum absolute atomic E-state index is 0.0270. The number of hydrogen-bond acceptors (Lipinski definition) is 13. The second-order valence-electron chi connectivity index (χ2n) is 18.4. The van der Waals surface area contributed by atoms with E-state index in [1.807, 2.05) is 13.8 Å². The van der Waals surface area contributed by atoms with Gasteiger partial charge in [-0.1, -0.05) is 46.3 Å². The highest BCUT2D eigenvalue weighted by Gasteiger charge is 2.55. The molecule has 13 heteroatoms. The summed E-state index contributed by atoms with van der Waals surface area (Å²) in [6.07, 6.45) is -2.90. The Balaban J connectivity index is 1.09. The van der Waals surface area contributed by atoms with Gasteiger partial charge in [0.15, 0.2) is 12.6 Å². The Morgan fingerprint density at radius 3 is 2.02 bits per heavy atom. The molecule has 6 aliphatic rings. The van der Waals surface area contributed by atoms with Gasteiger partial charge in [-0.25, -0.2) is 0 Å². The van der Waals surface area contributed by atoms with Crippen LogP contribution in [0.2, 0.25) is 0 Å². The molecule has 1 unspecified atom stereocenters. The topological polar surface area (TPSA) is 219 Å². The van der Waals surface area contributed by atoms with Gasteiger partial charge < -0.3 is 64.9 Å². The van der Waals surface area contributed by atoms with E-state index in [2.05, 4.69) is 26.8 Å². The molecule has 0 aromatic carbocycles. The molecule has 310 valence electrons. The van der Waals surface area contributed by atoms with Crippen LogP contribution in [0, 0.1) is 34.5 Å². The summed E-state index contributed by atoms with van der Waals surface area (Å²) in [7, 11) is 0. The summed E-state index contributed by atoms with van der Waals surface area (Å²) in [6.45, 7) is 11.7. The summed E-state index contributed by atoms with van der Waals surface area (Å²) in [6, 6.07) is 0. The van der Waals surface area contributed by atoms with Gasteiger partial charge in [-0.15, -0.1) is 0 Å². The summed E-state index contributed by atoms with van der Waals surface area (Å²) < 4.78 is 23.5. The summed E-state index contributed by atoms with van der Waals surface area (Å²) in [5, 5.41) is 93.4. The van der Waals surface area contributed by atoms with Crippen LogP contribution in [-0.4, -0.2) is 138 Å². The fourth-order valence-corrected chi connectivity index (χ4v) is 11.3. The standard InChI is InChI=1S/C41H68O13/c1-20(2)41(50,22(4)51-37-35(48)33(46)31(44)29(18-42)53-37)16-11-21(3)26-9-10-27-25-8-7-23-17-24(12-14-39(23,5)28(25)13-15-40(26,27)6)52-38-36(49)34(47)32(45)30(19-43)54-38/h10,20-24,26,29-38,42-50H,7-9,11-19H2,1-6H3/t21-,22-,23?,24+,26-,29-,30-,31-,32-,33+,34+,35-,36-,37-,38-,39+,40-,41-/m1/s1. The molecule has 2 saturated heterocycles. The summed E-state index contributed by atoms with van der Waals surface area (Å²) in [5.41, 5.74) is 3.42. The number of rotatable bonds is 12. The molecule has 18 atom stereocenters. The van der Waals surface area contributed by atoms with Crippen LogP contribution in [0.1, 0.15) is 106 Å². The molecule has 6 rings (SSSR count). The number of hydrogen-bond donors (Lipinski definition) is 9. The first kappa shape index (κ1) is 42.6. The largest absolute Gasteiger partial charge is 0.394 e. The highest BCUT2D eigenvalue weighted by atomic mass is 16.7. The first-order valence-corrected chi connectivity index (χ1v) is 20.5. The molecule has 0 aromatic rings. The average Bonchev–Trinajstić information content (AvgIpc) is 3.51. The lowest BCUT2D eigenvalue weighted by atomic mass is 9.51. The smallest absolute Gasteiger partial charge is 0.187 e. The fraction of sp³-hybridized carbons (Fsp3) is 0.902. The molecule has 0 radical (unpaired) electrons. The van der Waals surface area contributed by atoms with E-state index in [9.17, 15) is 46.0 Å². The van der Waals surface area contributed by atoms with Crippen molar-refractivity contribution in [3.05, 3.63) is 22.8 Å². The van der Waals surface area contributed by atoms with Crippen LogP contribution in [-0.2, 0) is 18.9 Å². The molecule has 0 spiro atoms. The van der Waals surface area contributed by atoms with E-state index >= 15 is 0 Å². The maximum atomic E-state index is 12.1. The monoisotopic (exact) mass is 768 g/mol. The minimum Gasteiger partial charge on any atom is -0.394 e. The van der Waals surface area contributed by atoms with Crippen LogP contribution < -0.4 is 0 Å². The van der Waals surface area contributed by atoms with Crippen LogP contribution in [0.15, 0.2) is 22.8 Å². The zero-order chi connectivity index (χ0) is 39.5. The quantitative estimate of drug-likeness (QED) is 0.139. The highest BCUT2D eigenvalue weighted by Crippen LogP contribution is 2.64. The Hall–Kier alpha value is -1.04. The number of allylic oxidation sites excluding steroid dienone is 4. The van der Waals surface area contributed by atoms with Crippen molar-refractivity contribution < 1.29 is 64.9 Å². The highest BCUT2D eigenvalue weighted by molar-refractivity contribution is 5.49. The van der Waals surface area contributed by atoms with Gasteiger partial charge in [0.2, 0.25) is 0 Å². The molecule has 13 nitrogen and oxygen atoms in total. The third kappa shape index (κ3) is 7.42. The third-order valence-electron chi connectivity index (χ3n) is 15.2. The summed E-state index contributed by atoms with van der Waals surface area (Å²) in [4.78, 5) is 0. The van der Waals surface area contributed by atoms with E-state index in [1.165, 1.54) is 11.1 Å². The van der Waals surface area contributed by atoms with Crippen molar-refractivity contribution in [1.82, 2.24) is 0 Å². The SMILES string of the molecule is CC(C)[C@](O)(CC[C@@H](C)[C@H]1CC=C2C3=C(CC[C@@]21C)[C@@]1(C)CC[C@H](O[C@@H]2O[C@H](CO)[C@@H](O)[C@H](O)[C@H]2O)CC1CC3)[C@@H](C)O[C@@H]1O[C@H](CO)[C@@H](O)[C@H](O)[C@H]1O. The molecule has 0 aromatic heterocycles. The average molecular weight is 769 g/mol. The van der Waals surface area contributed by atoms with Crippen LogP contribution in [0.3, 0.4) is 0 Å². The summed E-state index contributed by atoms with van der Waals surface area (Å²) in [5.74, 6) is 0.931. The van der Waals surface area contributed by atoms with Crippen LogP contribution in [0.5, 0.6) is 0 Å². The van der Waals surface area contributed by atoms with Crippen molar-refractivity contribution in [2.75, 3.05) is 13.2 Å². The molecule has 3 fully saturated rings. The lowest BCUT2D eigenvalue weighted by Crippen LogP contribution is -2.61. The van der Waals surface area contributed by atoms with Crippen LogP contribution in [0.4, 0.5) is 0 Å². The number of aliphatic hydroxyl groups is 9. The van der Waals surface area contributed by atoms with Crippen molar-refractivity contribution in [2.24, 2.45) is 34.5 Å². The molecular weight excluding hydrogens is 700 g/mol. The van der Waals surface area contributed by atoms with Crippen molar-refractivity contribution in [3.8, 4) is 0 Å². The Kier molecular flexibility index (Phi) is 12.9. The predicted octanol–water partition coefficient (Wildman–Crippen LogP) is 1.82. The molecule has 4 aliphatic carbocycles. The number of ether oxygens (including phenoxy) is 4. The van der Waals surface area contributed by atoms with Gasteiger partial charge in [-0.3, -0.25) is 0 Å². The molecule has 2 aliphatic heterocycles. The van der Waals surface area contributed by atoms with E-state index < -0.39 is 86.3 Å². The van der Waals surface area contributed by atoms with Crippen molar-refractivity contribution in [1.29, 1.82) is 0 Å². The number of fused-ring (bicyclic) bond motifs is 4. The van der Waals surface area contributed by atoms with Gasteiger partial charge in [0.25, 0.3) is 0 Å². The summed E-state index contributed by atoms with van der Waals surface area (Å²) >= 11 is 0. The van der Waals surface area contributed by atoms with Gasteiger partial charge in [0, 0.05) is 0 Å². The lowest BCUT2D eigenvalue weighted by Gasteiger charge is -2.54. The maximum Gasteiger partial charge on any atom is 0.187 e. The molecule has 0 bridgehead atoms. The second kappa shape index (κ2) is 16.3. The normalized spacial score (nSPS) is 46.3. The van der Waals surface area contributed by atoms with Crippen LogP contribution in [0.25, 0.3) is 0 Å². The van der Waals surface area contributed by atoms with Crippen molar-refractivity contribution in [2.45, 2.75) is 185 Å². The van der Waals surface area contributed by atoms with Crippen molar-refractivity contribution in [3.63, 3.8) is 0 Å². The molecule has 0 amide bonds. The fourth-order valence-electron chi connectivity index (χ4n) is 11.3. The van der Waals surface area contributed by atoms with Gasteiger partial charge >= 0.3 is 0 Å². The molecule has 54 heavy (non-hydrogen) atoms. The van der Waals surface area contributed by atoms with E-state index in [0.717, 1.165) is 57.8 Å². The van der Waals surface area contributed by atoms with Gasteiger partial charge in [0.1, 0.15) is 48.8 Å². The van der Waals surface area contributed by atoms with Gasteiger partial charge in [0.05, 0.1) is 31.0 Å². The zero-order valence-electron chi connectivity index (χ0n) is 33.0. The second-order valence-corrected chi connectivity index (χ2v) is 18.4. The van der Waals surface area contributed by atoms with Gasteiger partial charge in [-0.05, 0) is 117 Å². The Morgan fingerprint density at radius 1 is 0.796 bits per heavy atom. The Labute approximate surface area is 320 Å². The maximum absolute atomic E-state index is 12.1. The molecule has 9 N–H and O–H groups in total. The lowest BCUT2D eigenvalue weighted by molar-refractivity contribution is -0.324. The van der Waals surface area contributed by atoms with Crippen molar-refractivity contribution >= 4 is 0 Å². The molecule has 2 heterocycles. The third-order valence-corrected chi connectivity index (χ3v) is 15.2. The Bertz CT molecular complexity index is 1370. The first-order valence-electron chi connectivity index (χ1n) is 20.5. The number of aliphatic hydroxyl groups excluding tert-OH is 8.